The molecule has 1 aromatic heterocycles. The zero-order chi connectivity index (χ0) is 18.0. The minimum atomic E-state index is -0.378. The van der Waals surface area contributed by atoms with Crippen molar-refractivity contribution >= 4 is 16.9 Å². The maximum atomic E-state index is 14.4. The number of carbonyl (C=O) groups is 1. The molecule has 0 amide bonds. The number of methoxy groups -OCH3 is 1. The Balaban J connectivity index is 1.98. The van der Waals surface area contributed by atoms with Crippen LogP contribution >= 0.6 is 0 Å². The lowest BCUT2D eigenvalue weighted by Gasteiger charge is -2.16. The third kappa shape index (κ3) is 3.50. The molecule has 3 rings (SSSR count). The topological polar surface area (TPSA) is 40.5 Å². The summed E-state index contributed by atoms with van der Waals surface area (Å²) in [7, 11) is 1.35. The molecule has 0 N–H and O–H groups in total. The second-order valence-electron chi connectivity index (χ2n) is 6.09. The first-order chi connectivity index (χ1) is 12.0. The van der Waals surface area contributed by atoms with E-state index in [0.29, 0.717) is 23.4 Å². The number of fused-ring (bicyclic) bond motifs is 1. The molecule has 0 saturated heterocycles. The van der Waals surface area contributed by atoms with E-state index in [0.717, 1.165) is 10.9 Å². The van der Waals surface area contributed by atoms with Crippen LogP contribution in [0.1, 0.15) is 29.8 Å². The number of hydrogen-bond acceptors (Lipinski definition) is 3. The highest BCUT2D eigenvalue weighted by atomic mass is 19.1. The quantitative estimate of drug-likeness (QED) is 0.646. The van der Waals surface area contributed by atoms with Gasteiger partial charge in [0.15, 0.2) is 0 Å². The van der Waals surface area contributed by atoms with Gasteiger partial charge in [0.25, 0.3) is 0 Å². The molecule has 2 aromatic carbocycles. The number of hydrogen-bond donors (Lipinski definition) is 0. The first kappa shape index (κ1) is 17.0. The number of halogens is 1. The van der Waals surface area contributed by atoms with Crippen molar-refractivity contribution < 1.29 is 18.7 Å². The van der Waals surface area contributed by atoms with Crippen LogP contribution in [0.5, 0.6) is 5.75 Å². The number of nitrogens with zero attached hydrogens (tertiary/aromatic N) is 1. The van der Waals surface area contributed by atoms with E-state index in [-0.39, 0.29) is 17.9 Å². The van der Waals surface area contributed by atoms with E-state index < -0.39 is 0 Å². The van der Waals surface area contributed by atoms with Gasteiger partial charge in [-0.25, -0.2) is 9.18 Å². The van der Waals surface area contributed by atoms with Crippen molar-refractivity contribution in [1.29, 1.82) is 0 Å². The molecule has 0 spiro atoms. The van der Waals surface area contributed by atoms with Crippen molar-refractivity contribution in [3.05, 3.63) is 65.6 Å². The fourth-order valence-electron chi connectivity index (χ4n) is 2.81. The predicted molar refractivity (Wildman–Crippen MR) is 94.5 cm³/mol. The normalized spacial score (nSPS) is 11.1. The Morgan fingerprint density at radius 2 is 2.00 bits per heavy atom. The molecule has 4 nitrogen and oxygen atoms in total. The smallest absolute Gasteiger partial charge is 0.337 e. The van der Waals surface area contributed by atoms with E-state index in [4.69, 9.17) is 9.47 Å². The second-order valence-corrected chi connectivity index (χ2v) is 6.09. The molecule has 0 atom stereocenters. The Morgan fingerprint density at radius 3 is 2.72 bits per heavy atom. The average Bonchev–Trinajstić information content (AvgIpc) is 2.99. The summed E-state index contributed by atoms with van der Waals surface area (Å²) in [6.07, 6.45) is 1.83. The SMILES string of the molecule is COC(=O)c1ccc2c(ccn2Cc2c(F)cccc2OC(C)C)c1. The van der Waals surface area contributed by atoms with Crippen LogP contribution in [0, 0.1) is 5.82 Å². The second kappa shape index (κ2) is 6.97. The Morgan fingerprint density at radius 1 is 1.20 bits per heavy atom. The number of benzene rings is 2. The van der Waals surface area contributed by atoms with Crippen molar-refractivity contribution in [3.8, 4) is 5.75 Å². The van der Waals surface area contributed by atoms with Crippen molar-refractivity contribution in [2.24, 2.45) is 0 Å². The van der Waals surface area contributed by atoms with Gasteiger partial charge >= 0.3 is 5.97 Å². The monoisotopic (exact) mass is 341 g/mol. The van der Waals surface area contributed by atoms with Gasteiger partial charge in [-0.05, 0) is 50.2 Å². The standard InChI is InChI=1S/C20H20FNO3/c1-13(2)25-19-6-4-5-17(21)16(19)12-22-10-9-14-11-15(20(23)24-3)7-8-18(14)22/h4-11,13H,12H2,1-3H3. The molecule has 1 heterocycles. The fourth-order valence-corrected chi connectivity index (χ4v) is 2.81. The first-order valence-corrected chi connectivity index (χ1v) is 8.11. The van der Waals surface area contributed by atoms with Gasteiger partial charge in [0.1, 0.15) is 11.6 Å². The van der Waals surface area contributed by atoms with E-state index >= 15 is 0 Å². The summed E-state index contributed by atoms with van der Waals surface area (Å²) < 4.78 is 26.8. The summed E-state index contributed by atoms with van der Waals surface area (Å²) in [6, 6.07) is 12.1. The average molecular weight is 341 g/mol. The molecular formula is C20H20FNO3. The molecule has 5 heteroatoms. The fraction of sp³-hybridized carbons (Fsp3) is 0.250. The highest BCUT2D eigenvalue weighted by Gasteiger charge is 2.14. The van der Waals surface area contributed by atoms with Crippen molar-refractivity contribution in [2.75, 3.05) is 7.11 Å². The number of ether oxygens (including phenoxy) is 2. The maximum Gasteiger partial charge on any atom is 0.337 e. The highest BCUT2D eigenvalue weighted by molar-refractivity contribution is 5.94. The molecule has 0 unspecified atom stereocenters. The van der Waals surface area contributed by atoms with Crippen LogP contribution < -0.4 is 4.74 Å². The molecule has 0 aliphatic carbocycles. The van der Waals surface area contributed by atoms with Gasteiger partial charge in [-0.15, -0.1) is 0 Å². The molecule has 0 aliphatic rings. The number of esters is 1. The lowest BCUT2D eigenvalue weighted by Crippen LogP contribution is -2.10. The predicted octanol–water partition coefficient (Wildman–Crippen LogP) is 4.40. The van der Waals surface area contributed by atoms with Gasteiger partial charge < -0.3 is 14.0 Å². The molecule has 0 radical (unpaired) electrons. The summed E-state index contributed by atoms with van der Waals surface area (Å²) in [5.41, 5.74) is 1.90. The minimum Gasteiger partial charge on any atom is -0.491 e. The third-order valence-electron chi connectivity index (χ3n) is 3.96. The van der Waals surface area contributed by atoms with Crippen LogP contribution in [-0.2, 0) is 11.3 Å². The summed E-state index contributed by atoms with van der Waals surface area (Å²) in [6.45, 7) is 4.16. The zero-order valence-electron chi connectivity index (χ0n) is 14.5. The number of rotatable bonds is 5. The molecule has 0 fully saturated rings. The van der Waals surface area contributed by atoms with Gasteiger partial charge in [-0.3, -0.25) is 0 Å². The van der Waals surface area contributed by atoms with Crippen LogP contribution in [0.4, 0.5) is 4.39 Å². The van der Waals surface area contributed by atoms with Crippen LogP contribution in [-0.4, -0.2) is 23.8 Å². The van der Waals surface area contributed by atoms with Gasteiger partial charge in [-0.2, -0.15) is 0 Å². The van der Waals surface area contributed by atoms with Crippen LogP contribution in [0.2, 0.25) is 0 Å². The highest BCUT2D eigenvalue weighted by Crippen LogP contribution is 2.26. The van der Waals surface area contributed by atoms with Crippen LogP contribution in [0.15, 0.2) is 48.7 Å². The molecule has 0 bridgehead atoms. The maximum absolute atomic E-state index is 14.4. The summed E-state index contributed by atoms with van der Waals surface area (Å²) >= 11 is 0. The number of aromatic nitrogens is 1. The van der Waals surface area contributed by atoms with E-state index in [9.17, 15) is 9.18 Å². The minimum absolute atomic E-state index is 0.0374. The van der Waals surface area contributed by atoms with Gasteiger partial charge in [0, 0.05) is 22.7 Å². The molecule has 3 aromatic rings. The summed E-state index contributed by atoms with van der Waals surface area (Å²) in [5.74, 6) is -0.134. The lowest BCUT2D eigenvalue weighted by molar-refractivity contribution is 0.0601. The molecular weight excluding hydrogens is 321 g/mol. The summed E-state index contributed by atoms with van der Waals surface area (Å²) in [5, 5.41) is 0.894. The van der Waals surface area contributed by atoms with Gasteiger partial charge in [0.05, 0.1) is 25.3 Å². The van der Waals surface area contributed by atoms with Crippen molar-refractivity contribution in [3.63, 3.8) is 0 Å². The Labute approximate surface area is 145 Å². The molecule has 0 saturated carbocycles. The first-order valence-electron chi connectivity index (χ1n) is 8.11. The molecule has 130 valence electrons. The number of carbonyl (C=O) groups excluding carboxylic acids is 1. The van der Waals surface area contributed by atoms with Crippen LogP contribution in [0.3, 0.4) is 0 Å². The lowest BCUT2D eigenvalue weighted by atomic mass is 10.1. The van der Waals surface area contributed by atoms with Gasteiger partial charge in [-0.1, -0.05) is 6.07 Å². The summed E-state index contributed by atoms with van der Waals surface area (Å²) in [4.78, 5) is 11.7. The Kier molecular flexibility index (Phi) is 4.74. The van der Waals surface area contributed by atoms with E-state index in [1.807, 2.05) is 36.7 Å². The largest absolute Gasteiger partial charge is 0.491 e. The Bertz CT molecular complexity index is 914. The van der Waals surface area contributed by atoms with E-state index in [1.54, 1.807) is 24.3 Å². The zero-order valence-corrected chi connectivity index (χ0v) is 14.5. The third-order valence-corrected chi connectivity index (χ3v) is 3.96. The Hall–Kier alpha value is -2.82. The molecule has 0 aliphatic heterocycles. The molecule has 25 heavy (non-hydrogen) atoms. The van der Waals surface area contributed by atoms with Crippen molar-refractivity contribution in [2.45, 2.75) is 26.5 Å². The van der Waals surface area contributed by atoms with Gasteiger partial charge in [0.2, 0.25) is 0 Å². The van der Waals surface area contributed by atoms with Crippen molar-refractivity contribution in [1.82, 2.24) is 4.57 Å². The van der Waals surface area contributed by atoms with E-state index in [2.05, 4.69) is 0 Å². The van der Waals surface area contributed by atoms with Crippen LogP contribution in [0.25, 0.3) is 10.9 Å². The van der Waals surface area contributed by atoms with E-state index in [1.165, 1.54) is 13.2 Å².